The summed E-state index contributed by atoms with van der Waals surface area (Å²) in [5.74, 6) is 1.47. The number of nitrogens with zero attached hydrogens (tertiary/aromatic N) is 1. The molecule has 2 unspecified atom stereocenters. The zero-order chi connectivity index (χ0) is 13.8. The highest BCUT2D eigenvalue weighted by Crippen LogP contribution is 2.15. The van der Waals surface area contributed by atoms with Crippen LogP contribution >= 0.6 is 0 Å². The summed E-state index contributed by atoms with van der Waals surface area (Å²) >= 11 is 0. The Morgan fingerprint density at radius 1 is 1.53 bits per heavy atom. The van der Waals surface area contributed by atoms with Gasteiger partial charge >= 0.3 is 0 Å². The third-order valence-corrected chi connectivity index (χ3v) is 3.96. The van der Waals surface area contributed by atoms with E-state index in [1.54, 1.807) is 0 Å². The topological polar surface area (TPSA) is 67.2 Å². The van der Waals surface area contributed by atoms with Crippen LogP contribution < -0.4 is 10.6 Å². The zero-order valence-electron chi connectivity index (χ0n) is 12.0. The van der Waals surface area contributed by atoms with Gasteiger partial charge in [-0.05, 0) is 39.2 Å². The van der Waals surface area contributed by atoms with E-state index in [9.17, 15) is 4.79 Å². The normalized spacial score (nSPS) is 23.3. The van der Waals surface area contributed by atoms with Crippen molar-refractivity contribution >= 4 is 5.91 Å². The van der Waals surface area contributed by atoms with Gasteiger partial charge < -0.3 is 15.2 Å². The van der Waals surface area contributed by atoms with E-state index in [1.807, 2.05) is 13.8 Å². The first-order chi connectivity index (χ1) is 9.08. The van der Waals surface area contributed by atoms with Crippen LogP contribution in [-0.2, 0) is 11.2 Å². The molecular weight excluding hydrogens is 242 g/mol. The molecular formula is C14H23N3O2. The molecule has 1 aromatic heterocycles. The van der Waals surface area contributed by atoms with E-state index >= 15 is 0 Å². The molecule has 5 heteroatoms. The van der Waals surface area contributed by atoms with Crippen molar-refractivity contribution in [1.82, 2.24) is 15.8 Å². The summed E-state index contributed by atoms with van der Waals surface area (Å²) in [7, 11) is 0. The van der Waals surface area contributed by atoms with E-state index in [-0.39, 0.29) is 11.9 Å². The Bertz CT molecular complexity index is 422. The average molecular weight is 265 g/mol. The number of rotatable bonds is 4. The van der Waals surface area contributed by atoms with Gasteiger partial charge in [-0.3, -0.25) is 4.79 Å². The maximum atomic E-state index is 12.0. The Balaban J connectivity index is 1.81. The molecule has 1 aromatic rings. The lowest BCUT2D eigenvalue weighted by molar-refractivity contribution is -0.122. The van der Waals surface area contributed by atoms with Crippen molar-refractivity contribution in [1.29, 1.82) is 0 Å². The van der Waals surface area contributed by atoms with Crippen LogP contribution in [0.25, 0.3) is 0 Å². The van der Waals surface area contributed by atoms with Crippen molar-refractivity contribution in [2.45, 2.75) is 46.1 Å². The van der Waals surface area contributed by atoms with Crippen molar-refractivity contribution in [3.8, 4) is 0 Å². The van der Waals surface area contributed by atoms with Crippen LogP contribution in [0.2, 0.25) is 0 Å². The third-order valence-electron chi connectivity index (χ3n) is 3.96. The number of aryl methyl sites for hydroxylation is 2. The lowest BCUT2D eigenvalue weighted by Gasteiger charge is -2.30. The number of hydrogen-bond donors (Lipinski definition) is 2. The standard InChI is InChI=1S/C14H23N3O2/c1-9-6-7-15-8-13(9)16-14(18)5-4-12-10(2)17-19-11(12)3/h9,13,15H,4-8H2,1-3H3,(H,16,18). The van der Waals surface area contributed by atoms with Crippen LogP contribution in [0.4, 0.5) is 0 Å². The predicted molar refractivity (Wildman–Crippen MR) is 72.9 cm³/mol. The van der Waals surface area contributed by atoms with Gasteiger partial charge in [0.1, 0.15) is 5.76 Å². The highest BCUT2D eigenvalue weighted by atomic mass is 16.5. The summed E-state index contributed by atoms with van der Waals surface area (Å²) in [5.41, 5.74) is 1.95. The summed E-state index contributed by atoms with van der Waals surface area (Å²) in [5, 5.41) is 10.3. The molecule has 1 aliphatic heterocycles. The monoisotopic (exact) mass is 265 g/mol. The summed E-state index contributed by atoms with van der Waals surface area (Å²) in [4.78, 5) is 12.0. The smallest absolute Gasteiger partial charge is 0.220 e. The van der Waals surface area contributed by atoms with E-state index in [0.29, 0.717) is 18.8 Å². The van der Waals surface area contributed by atoms with Crippen molar-refractivity contribution in [2.75, 3.05) is 13.1 Å². The van der Waals surface area contributed by atoms with Crippen LogP contribution in [0, 0.1) is 19.8 Å². The zero-order valence-corrected chi connectivity index (χ0v) is 12.0. The largest absolute Gasteiger partial charge is 0.361 e. The number of carbonyl (C=O) groups is 1. The van der Waals surface area contributed by atoms with Crippen LogP contribution in [-0.4, -0.2) is 30.2 Å². The van der Waals surface area contributed by atoms with E-state index < -0.39 is 0 Å². The van der Waals surface area contributed by atoms with Crippen molar-refractivity contribution < 1.29 is 9.32 Å². The minimum Gasteiger partial charge on any atom is -0.361 e. The molecule has 2 heterocycles. The first-order valence-electron chi connectivity index (χ1n) is 6.99. The van der Waals surface area contributed by atoms with Crippen molar-refractivity contribution in [3.05, 3.63) is 17.0 Å². The van der Waals surface area contributed by atoms with Crippen LogP contribution in [0.3, 0.4) is 0 Å². The van der Waals surface area contributed by atoms with Crippen LogP contribution in [0.5, 0.6) is 0 Å². The maximum absolute atomic E-state index is 12.0. The third kappa shape index (κ3) is 3.56. The molecule has 106 valence electrons. The lowest BCUT2D eigenvalue weighted by atomic mass is 9.94. The number of carbonyl (C=O) groups excluding carboxylic acids is 1. The Labute approximate surface area is 114 Å². The van der Waals surface area contributed by atoms with Crippen molar-refractivity contribution in [2.24, 2.45) is 5.92 Å². The first kappa shape index (κ1) is 14.1. The van der Waals surface area contributed by atoms with Crippen LogP contribution in [0.1, 0.15) is 36.8 Å². The van der Waals surface area contributed by atoms with Gasteiger partial charge in [-0.25, -0.2) is 0 Å². The Hall–Kier alpha value is -1.36. The highest BCUT2D eigenvalue weighted by molar-refractivity contribution is 5.76. The van der Waals surface area contributed by atoms with Gasteiger partial charge in [0.15, 0.2) is 0 Å². The molecule has 1 fully saturated rings. The quantitative estimate of drug-likeness (QED) is 0.862. The molecule has 0 aromatic carbocycles. The number of aromatic nitrogens is 1. The van der Waals surface area contributed by atoms with Gasteiger partial charge in [0, 0.05) is 24.6 Å². The fourth-order valence-electron chi connectivity index (χ4n) is 2.56. The lowest BCUT2D eigenvalue weighted by Crippen LogP contribution is -2.50. The van der Waals surface area contributed by atoms with Crippen LogP contribution in [0.15, 0.2) is 4.52 Å². The van der Waals surface area contributed by atoms with Gasteiger partial charge in [0.05, 0.1) is 5.69 Å². The molecule has 19 heavy (non-hydrogen) atoms. The molecule has 2 rings (SSSR count). The molecule has 0 saturated carbocycles. The molecule has 1 amide bonds. The van der Waals surface area contributed by atoms with Gasteiger partial charge in [0.2, 0.25) is 5.91 Å². The Morgan fingerprint density at radius 2 is 2.32 bits per heavy atom. The number of nitrogens with one attached hydrogen (secondary N) is 2. The first-order valence-corrected chi connectivity index (χ1v) is 6.99. The molecule has 1 saturated heterocycles. The highest BCUT2D eigenvalue weighted by Gasteiger charge is 2.22. The van der Waals surface area contributed by atoms with Gasteiger partial charge in [-0.1, -0.05) is 12.1 Å². The molecule has 0 spiro atoms. The summed E-state index contributed by atoms with van der Waals surface area (Å²) < 4.78 is 5.10. The van der Waals surface area contributed by atoms with Gasteiger partial charge in [-0.2, -0.15) is 0 Å². The molecule has 0 bridgehead atoms. The second-order valence-corrected chi connectivity index (χ2v) is 5.45. The fourth-order valence-corrected chi connectivity index (χ4v) is 2.56. The molecule has 0 radical (unpaired) electrons. The molecule has 2 atom stereocenters. The molecule has 5 nitrogen and oxygen atoms in total. The average Bonchev–Trinajstić information content (AvgIpc) is 2.70. The summed E-state index contributed by atoms with van der Waals surface area (Å²) in [6, 6.07) is 0.255. The Morgan fingerprint density at radius 3 is 2.95 bits per heavy atom. The molecule has 1 aliphatic rings. The summed E-state index contributed by atoms with van der Waals surface area (Å²) in [6.07, 6.45) is 2.31. The van der Waals surface area contributed by atoms with E-state index in [0.717, 1.165) is 36.5 Å². The minimum atomic E-state index is 0.112. The number of hydrogen-bond acceptors (Lipinski definition) is 4. The maximum Gasteiger partial charge on any atom is 0.220 e. The molecule has 2 N–H and O–H groups in total. The second-order valence-electron chi connectivity index (χ2n) is 5.45. The van der Waals surface area contributed by atoms with E-state index in [4.69, 9.17) is 4.52 Å². The van der Waals surface area contributed by atoms with E-state index in [1.165, 1.54) is 0 Å². The fraction of sp³-hybridized carbons (Fsp3) is 0.714. The minimum absolute atomic E-state index is 0.112. The second kappa shape index (κ2) is 6.19. The van der Waals surface area contributed by atoms with Crippen molar-refractivity contribution in [3.63, 3.8) is 0 Å². The SMILES string of the molecule is Cc1noc(C)c1CCC(=O)NC1CNCCC1C. The summed E-state index contributed by atoms with van der Waals surface area (Å²) in [6.45, 7) is 7.92. The number of amides is 1. The molecule has 0 aliphatic carbocycles. The van der Waals surface area contributed by atoms with Gasteiger partial charge in [0.25, 0.3) is 0 Å². The predicted octanol–water partition coefficient (Wildman–Crippen LogP) is 1.34. The number of piperidine rings is 1. The Kier molecular flexibility index (Phi) is 4.58. The van der Waals surface area contributed by atoms with E-state index in [2.05, 4.69) is 22.7 Å². The van der Waals surface area contributed by atoms with Gasteiger partial charge in [-0.15, -0.1) is 0 Å².